The minimum atomic E-state index is -0.0986. The van der Waals surface area contributed by atoms with Crippen molar-refractivity contribution in [2.45, 2.75) is 51.6 Å². The van der Waals surface area contributed by atoms with Gasteiger partial charge in [0, 0.05) is 13.1 Å². The fourth-order valence-corrected chi connectivity index (χ4v) is 2.81. The predicted octanol–water partition coefficient (Wildman–Crippen LogP) is 1.34. The van der Waals surface area contributed by atoms with Crippen LogP contribution in [0.25, 0.3) is 0 Å². The zero-order chi connectivity index (χ0) is 14.5. The molecule has 1 fully saturated rings. The zero-order valence-electron chi connectivity index (χ0n) is 12.6. The van der Waals surface area contributed by atoms with Gasteiger partial charge in [-0.25, -0.2) is 0 Å². The van der Waals surface area contributed by atoms with Crippen LogP contribution in [0.2, 0.25) is 0 Å². The minimum Gasteiger partial charge on any atom is -0.469 e. The van der Waals surface area contributed by atoms with Gasteiger partial charge < -0.3 is 14.6 Å². The summed E-state index contributed by atoms with van der Waals surface area (Å²) < 4.78 is 6.91. The van der Waals surface area contributed by atoms with Crippen molar-refractivity contribution in [3.8, 4) is 0 Å². The number of ether oxygens (including phenoxy) is 1. The van der Waals surface area contributed by atoms with Gasteiger partial charge in [-0.1, -0.05) is 19.3 Å². The van der Waals surface area contributed by atoms with E-state index >= 15 is 0 Å². The maximum Gasteiger partial charge on any atom is 0.310 e. The molecular weight excluding hydrogens is 256 g/mol. The zero-order valence-corrected chi connectivity index (χ0v) is 12.6. The largest absolute Gasteiger partial charge is 0.469 e. The van der Waals surface area contributed by atoms with Gasteiger partial charge in [0.1, 0.15) is 11.6 Å². The first-order valence-electron chi connectivity index (χ1n) is 7.29. The van der Waals surface area contributed by atoms with Gasteiger partial charge in [-0.15, -0.1) is 10.2 Å². The number of nitrogens with zero attached hydrogens (tertiary/aromatic N) is 3. The third-order valence-electron chi connectivity index (χ3n) is 4.22. The fourth-order valence-electron chi connectivity index (χ4n) is 2.81. The van der Waals surface area contributed by atoms with E-state index in [0.717, 1.165) is 37.3 Å². The summed E-state index contributed by atoms with van der Waals surface area (Å²) in [6, 6.07) is 0.168. The molecule has 2 atom stereocenters. The maximum absolute atomic E-state index is 11.9. The van der Waals surface area contributed by atoms with Crippen LogP contribution in [0, 0.1) is 12.8 Å². The Bertz CT molecular complexity index is 458. The lowest BCUT2D eigenvalue weighted by molar-refractivity contribution is -0.146. The number of carbonyl (C=O) groups excluding carboxylic acids is 1. The minimum absolute atomic E-state index is 0.0446. The molecule has 6 heteroatoms. The quantitative estimate of drug-likeness (QED) is 0.665. The predicted molar refractivity (Wildman–Crippen MR) is 75.0 cm³/mol. The Hall–Kier alpha value is -1.43. The summed E-state index contributed by atoms with van der Waals surface area (Å²) in [7, 11) is 3.42. The van der Waals surface area contributed by atoms with Crippen LogP contribution in [0.1, 0.15) is 43.8 Å². The summed E-state index contributed by atoms with van der Waals surface area (Å²) in [5.41, 5.74) is 0. The van der Waals surface area contributed by atoms with Crippen molar-refractivity contribution in [2.75, 3.05) is 7.11 Å². The Balaban J connectivity index is 2.00. The number of hydrogen-bond donors (Lipinski definition) is 1. The molecule has 0 saturated heterocycles. The Morgan fingerprint density at radius 1 is 1.35 bits per heavy atom. The topological polar surface area (TPSA) is 69.0 Å². The van der Waals surface area contributed by atoms with Crippen LogP contribution < -0.4 is 5.32 Å². The Morgan fingerprint density at radius 3 is 2.75 bits per heavy atom. The standard InChI is InChI=1S/C14H24N4O2/c1-10-16-17-13(18(10)2)9-15-12-8-6-4-5-7-11(12)14(19)20-3/h11-12,15H,4-9H2,1-3H3. The van der Waals surface area contributed by atoms with E-state index in [9.17, 15) is 4.79 Å². The Morgan fingerprint density at radius 2 is 2.10 bits per heavy atom. The first kappa shape index (κ1) is 15.0. The molecule has 0 amide bonds. The highest BCUT2D eigenvalue weighted by Gasteiger charge is 2.30. The van der Waals surface area contributed by atoms with Crippen LogP contribution in [0.4, 0.5) is 0 Å². The van der Waals surface area contributed by atoms with Crippen LogP contribution in [0.3, 0.4) is 0 Å². The number of carbonyl (C=O) groups is 1. The van der Waals surface area contributed by atoms with Crippen LogP contribution in [0.15, 0.2) is 0 Å². The molecule has 0 spiro atoms. The monoisotopic (exact) mass is 280 g/mol. The lowest BCUT2D eigenvalue weighted by Gasteiger charge is -2.24. The van der Waals surface area contributed by atoms with E-state index in [1.54, 1.807) is 0 Å². The Kier molecular flexibility index (Phi) is 5.11. The van der Waals surface area contributed by atoms with Gasteiger partial charge in [0.15, 0.2) is 0 Å². The molecule has 6 nitrogen and oxygen atoms in total. The molecule has 112 valence electrons. The van der Waals surface area contributed by atoms with E-state index < -0.39 is 0 Å². The van der Waals surface area contributed by atoms with Gasteiger partial charge in [0.2, 0.25) is 0 Å². The fraction of sp³-hybridized carbons (Fsp3) is 0.786. The number of aromatic nitrogens is 3. The average molecular weight is 280 g/mol. The van der Waals surface area contributed by atoms with Crippen molar-refractivity contribution in [2.24, 2.45) is 13.0 Å². The molecule has 2 unspecified atom stereocenters. The first-order valence-corrected chi connectivity index (χ1v) is 7.29. The molecule has 1 aromatic heterocycles. The van der Waals surface area contributed by atoms with Gasteiger partial charge in [0.05, 0.1) is 19.6 Å². The van der Waals surface area contributed by atoms with E-state index in [4.69, 9.17) is 4.74 Å². The van der Waals surface area contributed by atoms with Gasteiger partial charge in [0.25, 0.3) is 0 Å². The molecule has 0 radical (unpaired) electrons. The van der Waals surface area contributed by atoms with E-state index in [0.29, 0.717) is 6.54 Å². The summed E-state index contributed by atoms with van der Waals surface area (Å²) in [5, 5.41) is 11.7. The Labute approximate surface area is 119 Å². The first-order chi connectivity index (χ1) is 9.63. The summed E-state index contributed by atoms with van der Waals surface area (Å²) in [5.74, 6) is 1.65. The highest BCUT2D eigenvalue weighted by Crippen LogP contribution is 2.24. The van der Waals surface area contributed by atoms with Gasteiger partial charge >= 0.3 is 5.97 Å². The van der Waals surface area contributed by atoms with Crippen molar-refractivity contribution in [1.29, 1.82) is 0 Å². The number of nitrogens with one attached hydrogen (secondary N) is 1. The molecule has 0 aliphatic heterocycles. The second kappa shape index (κ2) is 6.83. The van der Waals surface area contributed by atoms with E-state index in [-0.39, 0.29) is 17.9 Å². The number of methoxy groups -OCH3 is 1. The third kappa shape index (κ3) is 3.36. The SMILES string of the molecule is COC(=O)C1CCCCCC1NCc1nnc(C)n1C. The third-order valence-corrected chi connectivity index (χ3v) is 4.22. The molecule has 1 heterocycles. The van der Waals surface area contributed by atoms with Crippen molar-refractivity contribution in [1.82, 2.24) is 20.1 Å². The molecule has 1 saturated carbocycles. The van der Waals surface area contributed by atoms with Crippen LogP contribution in [0.5, 0.6) is 0 Å². The summed E-state index contributed by atoms with van der Waals surface area (Å²) in [4.78, 5) is 11.9. The van der Waals surface area contributed by atoms with Crippen molar-refractivity contribution < 1.29 is 9.53 Å². The molecule has 20 heavy (non-hydrogen) atoms. The van der Waals surface area contributed by atoms with Crippen molar-refractivity contribution in [3.63, 3.8) is 0 Å². The smallest absolute Gasteiger partial charge is 0.310 e. The summed E-state index contributed by atoms with van der Waals surface area (Å²) >= 11 is 0. The second-order valence-corrected chi connectivity index (χ2v) is 5.48. The molecule has 1 aliphatic carbocycles. The molecule has 0 aromatic carbocycles. The summed E-state index contributed by atoms with van der Waals surface area (Å²) in [6.45, 7) is 2.56. The lowest BCUT2D eigenvalue weighted by atomic mass is 9.95. The number of hydrogen-bond acceptors (Lipinski definition) is 5. The molecule has 1 N–H and O–H groups in total. The number of rotatable bonds is 4. The number of aryl methyl sites for hydroxylation is 1. The second-order valence-electron chi connectivity index (χ2n) is 5.48. The van der Waals surface area contributed by atoms with Crippen LogP contribution in [-0.2, 0) is 23.1 Å². The molecule has 1 aliphatic rings. The van der Waals surface area contributed by atoms with Gasteiger partial charge in [-0.2, -0.15) is 0 Å². The van der Waals surface area contributed by atoms with E-state index in [2.05, 4.69) is 15.5 Å². The van der Waals surface area contributed by atoms with Crippen molar-refractivity contribution >= 4 is 5.97 Å². The van der Waals surface area contributed by atoms with Crippen LogP contribution >= 0.6 is 0 Å². The molecule has 0 bridgehead atoms. The van der Waals surface area contributed by atoms with E-state index in [1.807, 2.05) is 18.5 Å². The molecular formula is C14H24N4O2. The van der Waals surface area contributed by atoms with Gasteiger partial charge in [-0.3, -0.25) is 4.79 Å². The van der Waals surface area contributed by atoms with Gasteiger partial charge in [-0.05, 0) is 19.8 Å². The molecule has 1 aromatic rings. The maximum atomic E-state index is 11.9. The van der Waals surface area contributed by atoms with Crippen molar-refractivity contribution in [3.05, 3.63) is 11.6 Å². The highest BCUT2D eigenvalue weighted by atomic mass is 16.5. The molecule has 2 rings (SSSR count). The normalized spacial score (nSPS) is 23.4. The lowest BCUT2D eigenvalue weighted by Crippen LogP contribution is -2.40. The highest BCUT2D eigenvalue weighted by molar-refractivity contribution is 5.73. The number of esters is 1. The average Bonchev–Trinajstić information content (AvgIpc) is 2.68. The summed E-state index contributed by atoms with van der Waals surface area (Å²) in [6.07, 6.45) is 5.36. The van der Waals surface area contributed by atoms with Crippen LogP contribution in [-0.4, -0.2) is 33.9 Å². The van der Waals surface area contributed by atoms with E-state index in [1.165, 1.54) is 13.5 Å².